The molecule has 1 heterocycles. The molecule has 0 bridgehead atoms. The Morgan fingerprint density at radius 3 is 2.63 bits per heavy atom. The molecule has 3 rings (SSSR count). The van der Waals surface area contributed by atoms with E-state index in [9.17, 15) is 4.79 Å². The molecule has 0 saturated carbocycles. The number of carbonyl (C=O) groups is 1. The van der Waals surface area contributed by atoms with Crippen LogP contribution in [0, 0.1) is 6.92 Å². The van der Waals surface area contributed by atoms with E-state index in [2.05, 4.69) is 34.3 Å². The lowest BCUT2D eigenvalue weighted by Gasteiger charge is -2.19. The van der Waals surface area contributed by atoms with E-state index in [0.717, 1.165) is 19.6 Å². The van der Waals surface area contributed by atoms with Crippen LogP contribution in [0.5, 0.6) is 5.75 Å². The summed E-state index contributed by atoms with van der Waals surface area (Å²) in [6.07, 6.45) is 0. The van der Waals surface area contributed by atoms with E-state index < -0.39 is 0 Å². The molecule has 0 atom stereocenters. The van der Waals surface area contributed by atoms with Gasteiger partial charge in [-0.3, -0.25) is 4.79 Å². The lowest BCUT2D eigenvalue weighted by atomic mass is 10.2. The van der Waals surface area contributed by atoms with E-state index in [-0.39, 0.29) is 11.6 Å². The Bertz CT molecular complexity index is 1000. The van der Waals surface area contributed by atoms with E-state index in [1.807, 2.05) is 30.3 Å². The topological polar surface area (TPSA) is 72.3 Å². The van der Waals surface area contributed by atoms with Gasteiger partial charge in [0.05, 0.1) is 17.1 Å². The molecule has 2 aromatic carbocycles. The maximum atomic E-state index is 12.9. The number of carbonyl (C=O) groups excluding carboxylic acids is 1. The SMILES string of the molecule is CCN(CC)CCOc1ccccc1NC(=O)c1nn(-c2cccc(Cl)c2)nc1C. The molecule has 1 amide bonds. The second kappa shape index (κ2) is 10.2. The molecule has 1 aromatic heterocycles. The first-order valence-corrected chi connectivity index (χ1v) is 10.3. The standard InChI is InChI=1S/C22H26ClN5O2/c1-4-27(5-2)13-14-30-20-12-7-6-11-19(20)24-22(29)21-16(3)25-28(26-21)18-10-8-9-17(23)15-18/h6-12,15H,4-5,13-14H2,1-3H3,(H,24,29). The van der Waals surface area contributed by atoms with Gasteiger partial charge in [0.25, 0.3) is 5.91 Å². The van der Waals surface area contributed by atoms with Gasteiger partial charge < -0.3 is 15.0 Å². The molecule has 0 radical (unpaired) electrons. The van der Waals surface area contributed by atoms with E-state index in [0.29, 0.717) is 34.4 Å². The highest BCUT2D eigenvalue weighted by Gasteiger charge is 2.18. The highest BCUT2D eigenvalue weighted by molar-refractivity contribution is 6.30. The Labute approximate surface area is 181 Å². The van der Waals surface area contributed by atoms with Crippen molar-refractivity contribution in [3.8, 4) is 11.4 Å². The third kappa shape index (κ3) is 5.37. The monoisotopic (exact) mass is 427 g/mol. The third-order valence-electron chi connectivity index (χ3n) is 4.73. The number of para-hydroxylation sites is 2. The van der Waals surface area contributed by atoms with Gasteiger partial charge in [0.1, 0.15) is 12.4 Å². The third-order valence-corrected chi connectivity index (χ3v) is 4.97. The van der Waals surface area contributed by atoms with Crippen molar-refractivity contribution in [1.82, 2.24) is 19.9 Å². The zero-order valence-electron chi connectivity index (χ0n) is 17.4. The van der Waals surface area contributed by atoms with Gasteiger partial charge in [-0.1, -0.05) is 43.6 Å². The Hall–Kier alpha value is -2.90. The molecule has 0 aliphatic carbocycles. The molecule has 7 nitrogen and oxygen atoms in total. The van der Waals surface area contributed by atoms with Gasteiger partial charge in [-0.05, 0) is 50.3 Å². The van der Waals surface area contributed by atoms with Crippen molar-refractivity contribution < 1.29 is 9.53 Å². The molecule has 0 saturated heterocycles. The summed E-state index contributed by atoms with van der Waals surface area (Å²) >= 11 is 6.04. The number of aryl methyl sites for hydroxylation is 1. The lowest BCUT2D eigenvalue weighted by Crippen LogP contribution is -2.28. The van der Waals surface area contributed by atoms with Crippen LogP contribution in [0.15, 0.2) is 48.5 Å². The van der Waals surface area contributed by atoms with Gasteiger partial charge in [-0.25, -0.2) is 0 Å². The first-order valence-electron chi connectivity index (χ1n) is 9.97. The van der Waals surface area contributed by atoms with E-state index in [1.165, 1.54) is 4.80 Å². The van der Waals surface area contributed by atoms with E-state index in [1.54, 1.807) is 25.1 Å². The van der Waals surface area contributed by atoms with Crippen LogP contribution >= 0.6 is 11.6 Å². The van der Waals surface area contributed by atoms with Crippen molar-refractivity contribution in [2.75, 3.05) is 31.6 Å². The van der Waals surface area contributed by atoms with E-state index >= 15 is 0 Å². The van der Waals surface area contributed by atoms with Crippen LogP contribution < -0.4 is 10.1 Å². The fraction of sp³-hybridized carbons (Fsp3) is 0.318. The number of halogens is 1. The number of nitrogens with zero attached hydrogens (tertiary/aromatic N) is 4. The zero-order chi connectivity index (χ0) is 21.5. The Morgan fingerprint density at radius 2 is 1.90 bits per heavy atom. The summed E-state index contributed by atoms with van der Waals surface area (Å²) in [6.45, 7) is 9.29. The molecule has 0 aliphatic rings. The van der Waals surface area contributed by atoms with E-state index in [4.69, 9.17) is 16.3 Å². The molecule has 158 valence electrons. The summed E-state index contributed by atoms with van der Waals surface area (Å²) in [4.78, 5) is 16.5. The van der Waals surface area contributed by atoms with Crippen LogP contribution in [0.3, 0.4) is 0 Å². The molecule has 1 N–H and O–H groups in total. The van der Waals surface area contributed by atoms with Crippen LogP contribution in [0.25, 0.3) is 5.69 Å². The number of ether oxygens (including phenoxy) is 1. The van der Waals surface area contributed by atoms with Crippen molar-refractivity contribution in [1.29, 1.82) is 0 Å². The maximum Gasteiger partial charge on any atom is 0.278 e. The van der Waals surface area contributed by atoms with Crippen LogP contribution in [0.2, 0.25) is 5.02 Å². The van der Waals surface area contributed by atoms with Crippen molar-refractivity contribution >= 4 is 23.2 Å². The van der Waals surface area contributed by atoms with Gasteiger partial charge in [0, 0.05) is 11.6 Å². The van der Waals surface area contributed by atoms with Crippen molar-refractivity contribution in [2.45, 2.75) is 20.8 Å². The number of anilines is 1. The molecule has 0 spiro atoms. The summed E-state index contributed by atoms with van der Waals surface area (Å²) in [5.74, 6) is 0.276. The first-order chi connectivity index (χ1) is 14.5. The summed E-state index contributed by atoms with van der Waals surface area (Å²) in [5, 5.41) is 12.1. The number of hydrogen-bond acceptors (Lipinski definition) is 5. The number of rotatable bonds is 9. The van der Waals surface area contributed by atoms with Crippen LogP contribution in [0.1, 0.15) is 30.0 Å². The summed E-state index contributed by atoms with van der Waals surface area (Å²) < 4.78 is 5.91. The predicted molar refractivity (Wildman–Crippen MR) is 119 cm³/mol. The number of nitrogens with one attached hydrogen (secondary N) is 1. The van der Waals surface area contributed by atoms with Crippen LogP contribution in [-0.2, 0) is 0 Å². The zero-order valence-corrected chi connectivity index (χ0v) is 18.2. The van der Waals surface area contributed by atoms with Crippen molar-refractivity contribution in [3.05, 3.63) is 64.9 Å². The quantitative estimate of drug-likeness (QED) is 0.554. The van der Waals surface area contributed by atoms with Gasteiger partial charge in [0.2, 0.25) is 0 Å². The average molecular weight is 428 g/mol. The summed E-state index contributed by atoms with van der Waals surface area (Å²) in [7, 11) is 0. The minimum absolute atomic E-state index is 0.243. The maximum absolute atomic E-state index is 12.9. The second-order valence-electron chi connectivity index (χ2n) is 6.73. The molecule has 0 unspecified atom stereocenters. The highest BCUT2D eigenvalue weighted by Crippen LogP contribution is 2.24. The molecule has 8 heteroatoms. The molecular formula is C22H26ClN5O2. The Morgan fingerprint density at radius 1 is 1.13 bits per heavy atom. The minimum Gasteiger partial charge on any atom is -0.490 e. The van der Waals surface area contributed by atoms with Crippen molar-refractivity contribution in [3.63, 3.8) is 0 Å². The fourth-order valence-corrected chi connectivity index (χ4v) is 3.19. The first kappa shape index (κ1) is 21.8. The number of aromatic nitrogens is 3. The second-order valence-corrected chi connectivity index (χ2v) is 7.17. The smallest absolute Gasteiger partial charge is 0.278 e. The van der Waals surface area contributed by atoms with Gasteiger partial charge in [-0.2, -0.15) is 9.90 Å². The predicted octanol–water partition coefficient (Wildman–Crippen LogP) is 4.20. The Balaban J connectivity index is 1.72. The number of hydrogen-bond donors (Lipinski definition) is 1. The molecule has 3 aromatic rings. The van der Waals surface area contributed by atoms with Crippen LogP contribution in [0.4, 0.5) is 5.69 Å². The molecule has 0 aliphatic heterocycles. The normalized spacial score (nSPS) is 11.0. The minimum atomic E-state index is -0.347. The lowest BCUT2D eigenvalue weighted by molar-refractivity contribution is 0.102. The number of benzene rings is 2. The number of likely N-dealkylation sites (N-methyl/N-ethyl adjacent to an activating group) is 1. The largest absolute Gasteiger partial charge is 0.490 e. The Kier molecular flexibility index (Phi) is 7.43. The molecule has 30 heavy (non-hydrogen) atoms. The van der Waals surface area contributed by atoms with Crippen molar-refractivity contribution in [2.24, 2.45) is 0 Å². The average Bonchev–Trinajstić information content (AvgIpc) is 3.14. The number of amides is 1. The fourth-order valence-electron chi connectivity index (χ4n) is 3.01. The van der Waals surface area contributed by atoms with Crippen LogP contribution in [-0.4, -0.2) is 52.0 Å². The van der Waals surface area contributed by atoms with Gasteiger partial charge >= 0.3 is 0 Å². The summed E-state index contributed by atoms with van der Waals surface area (Å²) in [6, 6.07) is 14.5. The molecule has 0 fully saturated rings. The summed E-state index contributed by atoms with van der Waals surface area (Å²) in [5.41, 5.74) is 2.05. The van der Waals surface area contributed by atoms with Gasteiger partial charge in [-0.15, -0.1) is 5.10 Å². The van der Waals surface area contributed by atoms with Gasteiger partial charge in [0.15, 0.2) is 5.69 Å². The highest BCUT2D eigenvalue weighted by atomic mass is 35.5. The molecular weight excluding hydrogens is 402 g/mol.